The number of rotatable bonds is 12. The number of hydrogen-bond donors (Lipinski definition) is 0. The molecule has 1 aliphatic rings. The zero-order valence-corrected chi connectivity index (χ0v) is 47.7. The van der Waals surface area contributed by atoms with E-state index in [2.05, 4.69) is 310 Å². The molecule has 0 atom stereocenters. The monoisotopic (exact) mass is 1020 g/mol. The van der Waals surface area contributed by atoms with Gasteiger partial charge in [-0.25, -0.2) is 4.98 Å². The second-order valence-corrected chi connectivity index (χ2v) is 25.1. The van der Waals surface area contributed by atoms with Crippen molar-refractivity contribution in [3.8, 4) is 28.4 Å². The van der Waals surface area contributed by atoms with E-state index in [1.165, 1.54) is 55.8 Å². The minimum absolute atomic E-state index is 0.0305. The van der Waals surface area contributed by atoms with Crippen molar-refractivity contribution in [1.29, 1.82) is 0 Å². The quantitative estimate of drug-likeness (QED) is 0.122. The van der Waals surface area contributed by atoms with Gasteiger partial charge in [-0.2, -0.15) is 0 Å². The van der Waals surface area contributed by atoms with Crippen LogP contribution in [0.5, 0.6) is 11.5 Å². The number of benzene rings is 8. The second kappa shape index (κ2) is 19.7. The predicted molar refractivity (Wildman–Crippen MR) is 329 cm³/mol. The number of ether oxygens (including phenoxy) is 1. The first-order chi connectivity index (χ1) is 37.2. The van der Waals surface area contributed by atoms with Crippen LogP contribution in [0.2, 0.25) is 0 Å². The van der Waals surface area contributed by atoms with E-state index in [0.717, 1.165) is 50.6 Å². The van der Waals surface area contributed by atoms with Gasteiger partial charge in [0.15, 0.2) is 0 Å². The Morgan fingerprint density at radius 2 is 0.897 bits per heavy atom. The minimum Gasteiger partial charge on any atom is -0.457 e. The van der Waals surface area contributed by atoms with E-state index < -0.39 is 10.8 Å². The van der Waals surface area contributed by atoms with E-state index in [1.54, 1.807) is 0 Å². The van der Waals surface area contributed by atoms with Crippen LogP contribution in [0.1, 0.15) is 116 Å². The molecular formula is C73H74N4O. The van der Waals surface area contributed by atoms with E-state index in [-0.39, 0.29) is 16.2 Å². The third-order valence-electron chi connectivity index (χ3n) is 16.6. The van der Waals surface area contributed by atoms with Gasteiger partial charge in [0.25, 0.3) is 0 Å². The summed E-state index contributed by atoms with van der Waals surface area (Å²) < 4.78 is 9.62. The number of hydrogen-bond acceptors (Lipinski definition) is 4. The predicted octanol–water partition coefficient (Wildman–Crippen LogP) is 19.0. The van der Waals surface area contributed by atoms with Crippen LogP contribution in [-0.2, 0) is 27.1 Å². The summed E-state index contributed by atoms with van der Waals surface area (Å²) in [7, 11) is 0. The van der Waals surface area contributed by atoms with Gasteiger partial charge in [-0.1, -0.05) is 223 Å². The van der Waals surface area contributed by atoms with Gasteiger partial charge < -0.3 is 14.5 Å². The summed E-state index contributed by atoms with van der Waals surface area (Å²) in [6.45, 7) is 28.5. The van der Waals surface area contributed by atoms with E-state index in [9.17, 15) is 0 Å². The normalized spacial score (nSPS) is 13.7. The Balaban J connectivity index is 1.11. The molecule has 8 aromatic carbocycles. The summed E-state index contributed by atoms with van der Waals surface area (Å²) in [6, 6.07) is 77.5. The Kier molecular flexibility index (Phi) is 13.1. The smallest absolute Gasteiger partial charge is 0.137 e. The highest BCUT2D eigenvalue weighted by molar-refractivity contribution is 6.10. The molecule has 392 valence electrons. The maximum atomic E-state index is 7.29. The van der Waals surface area contributed by atoms with Crippen molar-refractivity contribution >= 4 is 33.2 Å². The summed E-state index contributed by atoms with van der Waals surface area (Å²) in [5.41, 5.74) is 15.4. The molecule has 0 saturated heterocycles. The number of allylic oxidation sites excluding steroid dienone is 2. The number of nitrogens with zero attached hydrogens (tertiary/aromatic N) is 4. The summed E-state index contributed by atoms with van der Waals surface area (Å²) in [5.74, 6) is 2.36. The molecule has 0 unspecified atom stereocenters. The first-order valence-corrected chi connectivity index (χ1v) is 27.7. The molecule has 3 heterocycles. The van der Waals surface area contributed by atoms with E-state index in [0.29, 0.717) is 6.67 Å². The van der Waals surface area contributed by atoms with Crippen LogP contribution in [0.15, 0.2) is 230 Å². The molecule has 78 heavy (non-hydrogen) atoms. The van der Waals surface area contributed by atoms with Crippen LogP contribution in [0.4, 0.5) is 11.4 Å². The fourth-order valence-corrected chi connectivity index (χ4v) is 11.8. The fourth-order valence-electron chi connectivity index (χ4n) is 11.8. The number of pyridine rings is 1. The van der Waals surface area contributed by atoms with Crippen LogP contribution < -0.4 is 14.5 Å². The molecule has 0 amide bonds. The van der Waals surface area contributed by atoms with Crippen molar-refractivity contribution in [3.05, 3.63) is 263 Å². The van der Waals surface area contributed by atoms with Gasteiger partial charge in [-0.3, -0.25) is 4.57 Å². The average molecular weight is 1020 g/mol. The van der Waals surface area contributed by atoms with Gasteiger partial charge in [-0.15, -0.1) is 0 Å². The highest BCUT2D eigenvalue weighted by Crippen LogP contribution is 2.51. The summed E-state index contributed by atoms with van der Waals surface area (Å²) in [6.07, 6.45) is 1.96. The molecule has 0 spiro atoms. The molecule has 0 N–H and O–H groups in total. The zero-order chi connectivity index (χ0) is 54.8. The van der Waals surface area contributed by atoms with Crippen molar-refractivity contribution in [2.24, 2.45) is 0 Å². The van der Waals surface area contributed by atoms with Crippen LogP contribution in [0, 0.1) is 0 Å². The Hall–Kier alpha value is -8.15. The molecular weight excluding hydrogens is 949 g/mol. The average Bonchev–Trinajstić information content (AvgIpc) is 4.23. The molecule has 0 saturated carbocycles. The summed E-state index contributed by atoms with van der Waals surface area (Å²) >= 11 is 0. The Morgan fingerprint density at radius 1 is 0.359 bits per heavy atom. The van der Waals surface area contributed by atoms with E-state index >= 15 is 0 Å². The van der Waals surface area contributed by atoms with Gasteiger partial charge in [0.05, 0.1) is 29.1 Å². The molecule has 10 aromatic rings. The van der Waals surface area contributed by atoms with Crippen LogP contribution >= 0.6 is 0 Å². The maximum Gasteiger partial charge on any atom is 0.137 e. The van der Waals surface area contributed by atoms with Gasteiger partial charge in [0, 0.05) is 56.7 Å². The fraction of sp³-hybridized carbons (Fsp3) is 0.247. The lowest BCUT2D eigenvalue weighted by Gasteiger charge is -2.38. The lowest BCUT2D eigenvalue weighted by molar-refractivity contribution is 0.483. The van der Waals surface area contributed by atoms with Crippen molar-refractivity contribution < 1.29 is 4.74 Å². The Labute approximate surface area is 463 Å². The maximum absolute atomic E-state index is 7.29. The Morgan fingerprint density at radius 3 is 1.49 bits per heavy atom. The van der Waals surface area contributed by atoms with Crippen molar-refractivity contribution in [2.45, 2.75) is 110 Å². The van der Waals surface area contributed by atoms with Crippen LogP contribution in [-0.4, -0.2) is 16.2 Å². The SMILES string of the molecule is CC(C)(C)c1cccc(N2CN(c3cc(Oc4ccc5c6cc(C(C)(C)C)ccc6n(-c6cc(C(C)(C)c7ccccc7)ccn6)c5c4)cc(-c4ccccc4)c3)C(C(C)(C)c3ccccc3)=C2C(C)(C)c2ccccc2)c1. The lowest BCUT2D eigenvalue weighted by Crippen LogP contribution is -2.34. The minimum atomic E-state index is -0.449. The summed E-state index contributed by atoms with van der Waals surface area (Å²) in [5, 5.41) is 2.34. The van der Waals surface area contributed by atoms with Crippen LogP contribution in [0.3, 0.4) is 0 Å². The zero-order valence-electron chi connectivity index (χ0n) is 47.7. The molecule has 5 nitrogen and oxygen atoms in total. The summed E-state index contributed by atoms with van der Waals surface area (Å²) in [4.78, 5) is 10.3. The molecule has 0 bridgehead atoms. The highest BCUT2D eigenvalue weighted by atomic mass is 16.5. The standard InChI is InChI=1S/C73H74N4O/c1-69(2,3)55-34-25-35-58(44-55)75-49-76(68(73(11,12)54-32-23-16-24-33-54)67(75)72(9,10)53-30-21-15-22-31-53)59-42-51(50-26-17-13-18-27-50)43-61(47-59)78-60-37-38-62-63-45-56(70(4,5)6)36-39-64(63)77(65(62)48-60)66-46-57(40-41-74-66)71(7,8)52-28-19-14-20-29-52/h13-48H,49H2,1-12H3. The van der Waals surface area contributed by atoms with Crippen molar-refractivity contribution in [3.63, 3.8) is 0 Å². The molecule has 11 rings (SSSR count). The number of aromatic nitrogens is 2. The highest BCUT2D eigenvalue weighted by Gasteiger charge is 2.46. The second-order valence-electron chi connectivity index (χ2n) is 25.1. The third-order valence-corrected chi connectivity index (χ3v) is 16.6. The molecule has 0 fully saturated rings. The van der Waals surface area contributed by atoms with Gasteiger partial charge >= 0.3 is 0 Å². The molecule has 1 aliphatic heterocycles. The van der Waals surface area contributed by atoms with Gasteiger partial charge in [-0.05, 0) is 116 Å². The van der Waals surface area contributed by atoms with E-state index in [1.807, 2.05) is 6.20 Å². The topological polar surface area (TPSA) is 33.5 Å². The van der Waals surface area contributed by atoms with Gasteiger partial charge in [0.2, 0.25) is 0 Å². The van der Waals surface area contributed by atoms with Crippen LogP contribution in [0.25, 0.3) is 38.8 Å². The lowest BCUT2D eigenvalue weighted by atomic mass is 9.73. The largest absolute Gasteiger partial charge is 0.457 e. The van der Waals surface area contributed by atoms with Gasteiger partial charge in [0.1, 0.15) is 17.3 Å². The Bertz CT molecular complexity index is 3830. The third kappa shape index (κ3) is 9.59. The number of anilines is 2. The first kappa shape index (κ1) is 51.9. The van der Waals surface area contributed by atoms with Crippen molar-refractivity contribution in [1.82, 2.24) is 9.55 Å². The molecule has 5 heteroatoms. The van der Waals surface area contributed by atoms with Crippen molar-refractivity contribution in [2.75, 3.05) is 16.5 Å². The molecule has 0 aliphatic carbocycles. The first-order valence-electron chi connectivity index (χ1n) is 27.7. The van der Waals surface area contributed by atoms with E-state index in [4.69, 9.17) is 9.72 Å². The molecule has 2 aromatic heterocycles. The molecule has 0 radical (unpaired) electrons. The number of fused-ring (bicyclic) bond motifs is 3.